The number of anilines is 1. The highest BCUT2D eigenvalue weighted by Crippen LogP contribution is 2.29. The average molecular weight is 194 g/mol. The molecule has 0 saturated carbocycles. The van der Waals surface area contributed by atoms with Crippen LogP contribution >= 0.6 is 0 Å². The monoisotopic (exact) mass is 194 g/mol. The van der Waals surface area contributed by atoms with Gasteiger partial charge in [-0.3, -0.25) is 10.1 Å². The molecule has 0 unspecified atom stereocenters. The largest absolute Gasteiger partial charge is 0.393 e. The molecule has 0 aliphatic carbocycles. The van der Waals surface area contributed by atoms with Crippen molar-refractivity contribution in [1.29, 1.82) is 0 Å². The molecule has 1 aromatic carbocycles. The summed E-state index contributed by atoms with van der Waals surface area (Å²) in [5.41, 5.74) is 7.68. The summed E-state index contributed by atoms with van der Waals surface area (Å²) >= 11 is 0. The highest BCUT2D eigenvalue weighted by molar-refractivity contribution is 5.64. The van der Waals surface area contributed by atoms with Crippen molar-refractivity contribution < 1.29 is 4.92 Å². The minimum absolute atomic E-state index is 0.0758. The molecule has 0 spiro atoms. The molecule has 1 aromatic rings. The predicted molar refractivity (Wildman–Crippen MR) is 56.3 cm³/mol. The minimum Gasteiger partial charge on any atom is -0.393 e. The van der Waals surface area contributed by atoms with Gasteiger partial charge in [0.05, 0.1) is 4.92 Å². The van der Waals surface area contributed by atoms with Crippen LogP contribution in [0.2, 0.25) is 0 Å². The van der Waals surface area contributed by atoms with Gasteiger partial charge in [-0.2, -0.15) is 0 Å². The molecule has 0 saturated heterocycles. The first kappa shape index (κ1) is 10.5. The van der Waals surface area contributed by atoms with Crippen molar-refractivity contribution >= 4 is 11.4 Å². The van der Waals surface area contributed by atoms with Gasteiger partial charge >= 0.3 is 0 Å². The molecule has 0 aliphatic rings. The SMILES string of the molecule is CCc1ccc(N)c([N+](=O)[O-])c1CC. The van der Waals surface area contributed by atoms with E-state index in [1.54, 1.807) is 6.07 Å². The molecule has 0 aliphatic heterocycles. The number of nitrogen functional groups attached to an aromatic ring is 1. The maximum atomic E-state index is 10.8. The maximum Gasteiger partial charge on any atom is 0.295 e. The molecular formula is C10H14N2O2. The van der Waals surface area contributed by atoms with E-state index in [0.29, 0.717) is 6.42 Å². The van der Waals surface area contributed by atoms with E-state index < -0.39 is 4.92 Å². The Morgan fingerprint density at radius 3 is 2.43 bits per heavy atom. The van der Waals surface area contributed by atoms with Gasteiger partial charge in [0.1, 0.15) is 5.69 Å². The zero-order valence-corrected chi connectivity index (χ0v) is 8.41. The predicted octanol–water partition coefficient (Wildman–Crippen LogP) is 2.30. The van der Waals surface area contributed by atoms with Crippen molar-refractivity contribution in [2.75, 3.05) is 5.73 Å². The van der Waals surface area contributed by atoms with Gasteiger partial charge in [0.15, 0.2) is 0 Å². The summed E-state index contributed by atoms with van der Waals surface area (Å²) in [7, 11) is 0. The zero-order valence-electron chi connectivity index (χ0n) is 8.41. The van der Waals surface area contributed by atoms with Crippen LogP contribution in [0.5, 0.6) is 0 Å². The molecule has 14 heavy (non-hydrogen) atoms. The number of nitrogens with two attached hydrogens (primary N) is 1. The third-order valence-corrected chi connectivity index (χ3v) is 2.33. The fourth-order valence-corrected chi connectivity index (χ4v) is 1.64. The second kappa shape index (κ2) is 4.09. The zero-order chi connectivity index (χ0) is 10.7. The molecule has 0 atom stereocenters. The summed E-state index contributed by atoms with van der Waals surface area (Å²) in [5.74, 6) is 0. The van der Waals surface area contributed by atoms with Gasteiger partial charge in [0.2, 0.25) is 0 Å². The van der Waals surface area contributed by atoms with Crippen LogP contribution in [0, 0.1) is 10.1 Å². The molecule has 4 heteroatoms. The lowest BCUT2D eigenvalue weighted by molar-refractivity contribution is -0.384. The number of hydrogen-bond donors (Lipinski definition) is 1. The smallest absolute Gasteiger partial charge is 0.295 e. The van der Waals surface area contributed by atoms with Gasteiger partial charge < -0.3 is 5.73 Å². The highest BCUT2D eigenvalue weighted by atomic mass is 16.6. The topological polar surface area (TPSA) is 69.2 Å². The van der Waals surface area contributed by atoms with Crippen LogP contribution in [-0.4, -0.2) is 4.92 Å². The molecule has 0 fully saturated rings. The van der Waals surface area contributed by atoms with E-state index in [1.165, 1.54) is 0 Å². The first-order chi connectivity index (χ1) is 6.61. The summed E-state index contributed by atoms with van der Waals surface area (Å²) in [6.45, 7) is 3.88. The van der Waals surface area contributed by atoms with E-state index in [4.69, 9.17) is 5.73 Å². The Kier molecular flexibility index (Phi) is 3.06. The van der Waals surface area contributed by atoms with Gasteiger partial charge in [-0.05, 0) is 24.5 Å². The van der Waals surface area contributed by atoms with E-state index in [2.05, 4.69) is 0 Å². The van der Waals surface area contributed by atoms with Crippen molar-refractivity contribution in [2.45, 2.75) is 26.7 Å². The molecule has 2 N–H and O–H groups in total. The Morgan fingerprint density at radius 2 is 2.00 bits per heavy atom. The number of hydrogen-bond acceptors (Lipinski definition) is 3. The van der Waals surface area contributed by atoms with Crippen LogP contribution in [0.4, 0.5) is 11.4 Å². The van der Waals surface area contributed by atoms with E-state index in [0.717, 1.165) is 17.5 Å². The van der Waals surface area contributed by atoms with Crippen molar-refractivity contribution in [3.63, 3.8) is 0 Å². The number of benzene rings is 1. The number of aryl methyl sites for hydroxylation is 1. The Balaban J connectivity index is 3.42. The van der Waals surface area contributed by atoms with E-state index in [-0.39, 0.29) is 11.4 Å². The van der Waals surface area contributed by atoms with Gasteiger partial charge in [-0.1, -0.05) is 19.9 Å². The Hall–Kier alpha value is -1.58. The number of nitrogens with zero attached hydrogens (tertiary/aromatic N) is 1. The normalized spacial score (nSPS) is 10.1. The first-order valence-electron chi connectivity index (χ1n) is 4.66. The molecule has 1 rings (SSSR count). The molecule has 0 amide bonds. The van der Waals surface area contributed by atoms with E-state index >= 15 is 0 Å². The third-order valence-electron chi connectivity index (χ3n) is 2.33. The second-order valence-electron chi connectivity index (χ2n) is 3.11. The maximum absolute atomic E-state index is 10.8. The van der Waals surface area contributed by atoms with Crippen LogP contribution in [0.15, 0.2) is 12.1 Å². The van der Waals surface area contributed by atoms with Crippen molar-refractivity contribution in [3.8, 4) is 0 Å². The van der Waals surface area contributed by atoms with Crippen LogP contribution in [0.3, 0.4) is 0 Å². The fraction of sp³-hybridized carbons (Fsp3) is 0.400. The summed E-state index contributed by atoms with van der Waals surface area (Å²) in [4.78, 5) is 10.4. The first-order valence-corrected chi connectivity index (χ1v) is 4.66. The standard InChI is InChI=1S/C10H14N2O2/c1-3-7-5-6-9(11)10(12(13)14)8(7)4-2/h5-6H,3-4,11H2,1-2H3. The van der Waals surface area contributed by atoms with Crippen LogP contribution in [0.25, 0.3) is 0 Å². The summed E-state index contributed by atoms with van der Waals surface area (Å²) in [6.07, 6.45) is 1.44. The molecule has 0 radical (unpaired) electrons. The lowest BCUT2D eigenvalue weighted by Gasteiger charge is -2.07. The minimum atomic E-state index is -0.396. The summed E-state index contributed by atoms with van der Waals surface area (Å²) in [5, 5.41) is 10.8. The number of nitro groups is 1. The fourth-order valence-electron chi connectivity index (χ4n) is 1.64. The Morgan fingerprint density at radius 1 is 1.36 bits per heavy atom. The Bertz CT molecular complexity index is 361. The Labute approximate surface area is 82.9 Å². The second-order valence-corrected chi connectivity index (χ2v) is 3.11. The van der Waals surface area contributed by atoms with Crippen LogP contribution in [0.1, 0.15) is 25.0 Å². The number of rotatable bonds is 3. The van der Waals surface area contributed by atoms with Gasteiger partial charge in [0.25, 0.3) is 5.69 Å². The lowest BCUT2D eigenvalue weighted by Crippen LogP contribution is -2.03. The quantitative estimate of drug-likeness (QED) is 0.456. The van der Waals surface area contributed by atoms with Gasteiger partial charge in [0, 0.05) is 5.56 Å². The summed E-state index contributed by atoms with van der Waals surface area (Å²) in [6, 6.07) is 3.47. The van der Waals surface area contributed by atoms with E-state index in [1.807, 2.05) is 19.9 Å². The van der Waals surface area contributed by atoms with Crippen molar-refractivity contribution in [3.05, 3.63) is 33.4 Å². The molecular weight excluding hydrogens is 180 g/mol. The van der Waals surface area contributed by atoms with E-state index in [9.17, 15) is 10.1 Å². The highest BCUT2D eigenvalue weighted by Gasteiger charge is 2.19. The summed E-state index contributed by atoms with van der Waals surface area (Å²) < 4.78 is 0. The molecule has 0 heterocycles. The third kappa shape index (κ3) is 1.69. The van der Waals surface area contributed by atoms with Crippen molar-refractivity contribution in [2.24, 2.45) is 0 Å². The molecule has 0 aromatic heterocycles. The van der Waals surface area contributed by atoms with Gasteiger partial charge in [-0.25, -0.2) is 0 Å². The molecule has 76 valence electrons. The number of nitro benzene ring substituents is 1. The molecule has 4 nitrogen and oxygen atoms in total. The van der Waals surface area contributed by atoms with Crippen LogP contribution in [-0.2, 0) is 12.8 Å². The van der Waals surface area contributed by atoms with Gasteiger partial charge in [-0.15, -0.1) is 0 Å². The van der Waals surface area contributed by atoms with Crippen molar-refractivity contribution in [1.82, 2.24) is 0 Å². The van der Waals surface area contributed by atoms with Crippen LogP contribution < -0.4 is 5.73 Å². The average Bonchev–Trinajstić information content (AvgIpc) is 2.16. The lowest BCUT2D eigenvalue weighted by atomic mass is 10.00. The molecule has 0 bridgehead atoms.